The molecule has 1 aliphatic carbocycles. The Kier molecular flexibility index (Phi) is 5.16. The fourth-order valence-electron chi connectivity index (χ4n) is 3.25. The summed E-state index contributed by atoms with van der Waals surface area (Å²) >= 11 is 12.1. The molecule has 0 N–H and O–H groups in total. The molecule has 0 unspecified atom stereocenters. The second kappa shape index (κ2) is 7.18. The Morgan fingerprint density at radius 1 is 1.16 bits per heavy atom. The second-order valence-corrected chi connectivity index (χ2v) is 7.00. The lowest BCUT2D eigenvalue weighted by Crippen LogP contribution is -2.44. The van der Waals surface area contributed by atoms with E-state index in [1.54, 1.807) is 18.2 Å². The third-order valence-electron chi connectivity index (χ3n) is 4.69. The summed E-state index contributed by atoms with van der Waals surface area (Å²) in [6.45, 7) is 1.38. The van der Waals surface area contributed by atoms with Crippen molar-refractivity contribution in [3.8, 4) is 0 Å². The predicted octanol–water partition coefficient (Wildman–Crippen LogP) is 3.38. The van der Waals surface area contributed by atoms with Crippen molar-refractivity contribution >= 4 is 41.0 Å². The van der Waals surface area contributed by atoms with Crippen molar-refractivity contribution in [2.75, 3.05) is 0 Å². The van der Waals surface area contributed by atoms with Crippen LogP contribution in [0.1, 0.15) is 25.3 Å². The van der Waals surface area contributed by atoms with Gasteiger partial charge in [0.05, 0.1) is 11.8 Å². The van der Waals surface area contributed by atoms with Crippen molar-refractivity contribution in [3.63, 3.8) is 0 Å². The molecule has 0 bridgehead atoms. The van der Waals surface area contributed by atoms with Crippen LogP contribution in [0.5, 0.6) is 0 Å². The van der Waals surface area contributed by atoms with Crippen molar-refractivity contribution in [3.05, 3.63) is 46.0 Å². The molecule has 7 heteroatoms. The van der Waals surface area contributed by atoms with Crippen LogP contribution in [0.4, 0.5) is 0 Å². The molecule has 3 rings (SSSR count). The number of amides is 2. The molecule has 1 saturated heterocycles. The smallest absolute Gasteiger partial charge is 0.329 e. The van der Waals surface area contributed by atoms with Crippen LogP contribution in [0.3, 0.4) is 0 Å². The third-order valence-corrected chi connectivity index (χ3v) is 5.40. The Balaban J connectivity index is 1.68. The van der Waals surface area contributed by atoms with E-state index in [-0.39, 0.29) is 30.3 Å². The van der Waals surface area contributed by atoms with E-state index in [0.717, 1.165) is 4.90 Å². The number of nitrogens with zero attached hydrogens (tertiary/aromatic N) is 1. The van der Waals surface area contributed by atoms with Gasteiger partial charge in [-0.1, -0.05) is 41.4 Å². The van der Waals surface area contributed by atoms with Gasteiger partial charge in [0.15, 0.2) is 0 Å². The standard InChI is InChI=1S/C18H17Cl2NO4/c1-10(18(24)25-9-13-14(19)7-4-8-15(13)20)21-16(22)11-5-2-3-6-12(11)17(21)23/h2-4,7-8,10-12H,5-6,9H2,1H3/t10-,11+,12+/m0/s1. The maximum Gasteiger partial charge on any atom is 0.329 e. The number of allylic oxidation sites excluding steroid dienone is 2. The number of ether oxygens (including phenoxy) is 1. The molecule has 0 radical (unpaired) electrons. The lowest BCUT2D eigenvalue weighted by Gasteiger charge is -2.21. The van der Waals surface area contributed by atoms with Gasteiger partial charge in [-0.25, -0.2) is 4.79 Å². The highest BCUT2D eigenvalue weighted by Gasteiger charge is 2.50. The zero-order chi connectivity index (χ0) is 18.1. The molecule has 2 amide bonds. The lowest BCUT2D eigenvalue weighted by molar-refractivity contribution is -0.159. The van der Waals surface area contributed by atoms with Crippen LogP contribution >= 0.6 is 23.2 Å². The van der Waals surface area contributed by atoms with Crippen LogP contribution in [-0.2, 0) is 25.7 Å². The Bertz CT molecular complexity index is 715. The summed E-state index contributed by atoms with van der Waals surface area (Å²) in [6.07, 6.45) is 4.86. The molecular weight excluding hydrogens is 365 g/mol. The van der Waals surface area contributed by atoms with Crippen molar-refractivity contribution in [1.82, 2.24) is 4.90 Å². The van der Waals surface area contributed by atoms with Crippen LogP contribution in [-0.4, -0.2) is 28.7 Å². The number of hydrogen-bond donors (Lipinski definition) is 0. The second-order valence-electron chi connectivity index (χ2n) is 6.19. The summed E-state index contributed by atoms with van der Waals surface area (Å²) in [4.78, 5) is 38.4. The first-order chi connectivity index (χ1) is 11.9. The number of benzene rings is 1. The summed E-state index contributed by atoms with van der Waals surface area (Å²) in [5, 5.41) is 0.775. The minimum atomic E-state index is -0.980. The van der Waals surface area contributed by atoms with Gasteiger partial charge < -0.3 is 4.74 Å². The Morgan fingerprint density at radius 3 is 2.20 bits per heavy atom. The number of rotatable bonds is 4. The first kappa shape index (κ1) is 18.0. The summed E-state index contributed by atoms with van der Waals surface area (Å²) in [7, 11) is 0. The van der Waals surface area contributed by atoms with Crippen molar-refractivity contribution in [2.24, 2.45) is 11.8 Å². The van der Waals surface area contributed by atoms with Gasteiger partial charge in [0.2, 0.25) is 11.8 Å². The maximum absolute atomic E-state index is 12.5. The van der Waals surface area contributed by atoms with Crippen LogP contribution in [0, 0.1) is 11.8 Å². The average molecular weight is 382 g/mol. The van der Waals surface area contributed by atoms with Gasteiger partial charge in [0, 0.05) is 15.6 Å². The van der Waals surface area contributed by atoms with Crippen LogP contribution in [0.2, 0.25) is 10.0 Å². The highest BCUT2D eigenvalue weighted by Crippen LogP contribution is 2.36. The first-order valence-electron chi connectivity index (χ1n) is 8.03. The van der Waals surface area contributed by atoms with E-state index in [1.807, 2.05) is 12.2 Å². The van der Waals surface area contributed by atoms with Crippen LogP contribution in [0.15, 0.2) is 30.4 Å². The van der Waals surface area contributed by atoms with E-state index in [9.17, 15) is 14.4 Å². The molecule has 1 aromatic rings. The monoisotopic (exact) mass is 381 g/mol. The molecule has 0 spiro atoms. The Labute approximate surface area is 155 Å². The van der Waals surface area contributed by atoms with E-state index in [4.69, 9.17) is 27.9 Å². The number of carbonyl (C=O) groups is 3. The molecule has 1 aromatic carbocycles. The molecule has 0 aromatic heterocycles. The van der Waals surface area contributed by atoms with Gasteiger partial charge in [0.25, 0.3) is 0 Å². The average Bonchev–Trinajstić information content (AvgIpc) is 2.85. The SMILES string of the molecule is C[C@@H](C(=O)OCc1c(Cl)cccc1Cl)N1C(=O)[C@@H]2CC=CC[C@H]2C1=O. The highest BCUT2D eigenvalue weighted by atomic mass is 35.5. The number of halogens is 2. The predicted molar refractivity (Wildman–Crippen MR) is 92.9 cm³/mol. The van der Waals surface area contributed by atoms with Gasteiger partial charge >= 0.3 is 5.97 Å². The summed E-state index contributed by atoms with van der Waals surface area (Å²) < 4.78 is 5.24. The molecule has 2 aliphatic rings. The van der Waals surface area contributed by atoms with Crippen molar-refractivity contribution in [1.29, 1.82) is 0 Å². The van der Waals surface area contributed by atoms with Crippen LogP contribution in [0.25, 0.3) is 0 Å². The largest absolute Gasteiger partial charge is 0.459 e. The van der Waals surface area contributed by atoms with Gasteiger partial charge in [-0.3, -0.25) is 14.5 Å². The third kappa shape index (κ3) is 3.31. The Hall–Kier alpha value is -1.85. The number of fused-ring (bicyclic) bond motifs is 1. The highest BCUT2D eigenvalue weighted by molar-refractivity contribution is 6.35. The van der Waals surface area contributed by atoms with E-state index in [2.05, 4.69) is 0 Å². The van der Waals surface area contributed by atoms with Gasteiger partial charge in [-0.2, -0.15) is 0 Å². The number of esters is 1. The fraction of sp³-hybridized carbons (Fsp3) is 0.389. The van der Waals surface area contributed by atoms with Crippen LogP contribution < -0.4 is 0 Å². The summed E-state index contributed by atoms with van der Waals surface area (Å²) in [5.41, 5.74) is 0.489. The first-order valence-corrected chi connectivity index (χ1v) is 8.79. The molecule has 0 saturated carbocycles. The molecule has 3 atom stereocenters. The molecule has 1 heterocycles. The number of hydrogen-bond acceptors (Lipinski definition) is 4. The topological polar surface area (TPSA) is 63.7 Å². The zero-order valence-electron chi connectivity index (χ0n) is 13.6. The number of imide groups is 1. The molecule has 1 fully saturated rings. The minimum absolute atomic E-state index is 0.119. The van der Waals surface area contributed by atoms with Gasteiger partial charge in [-0.05, 0) is 31.9 Å². The van der Waals surface area contributed by atoms with Crippen molar-refractivity contribution in [2.45, 2.75) is 32.4 Å². The molecule has 132 valence electrons. The lowest BCUT2D eigenvalue weighted by atomic mass is 9.85. The van der Waals surface area contributed by atoms with Gasteiger partial charge in [0.1, 0.15) is 12.6 Å². The number of likely N-dealkylation sites (tertiary alicyclic amines) is 1. The van der Waals surface area contributed by atoms with E-state index < -0.39 is 12.0 Å². The normalized spacial score (nSPS) is 23.6. The molecule has 5 nitrogen and oxygen atoms in total. The quantitative estimate of drug-likeness (QED) is 0.455. The maximum atomic E-state index is 12.5. The van der Waals surface area contributed by atoms with E-state index in [0.29, 0.717) is 28.5 Å². The molecule has 1 aliphatic heterocycles. The summed E-state index contributed by atoms with van der Waals surface area (Å²) in [5.74, 6) is -2.01. The fourth-order valence-corrected chi connectivity index (χ4v) is 3.75. The Morgan fingerprint density at radius 2 is 1.68 bits per heavy atom. The van der Waals surface area contributed by atoms with E-state index >= 15 is 0 Å². The zero-order valence-corrected chi connectivity index (χ0v) is 15.1. The summed E-state index contributed by atoms with van der Waals surface area (Å²) in [6, 6.07) is 4.00. The number of carbonyl (C=O) groups excluding carboxylic acids is 3. The minimum Gasteiger partial charge on any atom is -0.459 e. The molecule has 25 heavy (non-hydrogen) atoms. The van der Waals surface area contributed by atoms with Crippen molar-refractivity contribution < 1.29 is 19.1 Å². The van der Waals surface area contributed by atoms with E-state index in [1.165, 1.54) is 6.92 Å². The van der Waals surface area contributed by atoms with Gasteiger partial charge in [-0.15, -0.1) is 0 Å². The molecular formula is C18H17Cl2NO4.